The lowest BCUT2D eigenvalue weighted by Crippen LogP contribution is -2.21. The van der Waals surface area contributed by atoms with Gasteiger partial charge in [0.25, 0.3) is 0 Å². The van der Waals surface area contributed by atoms with Gasteiger partial charge in [-0.3, -0.25) is 4.68 Å². The maximum absolute atomic E-state index is 9.64. The summed E-state index contributed by atoms with van der Waals surface area (Å²) in [5, 5.41) is 15.1. The van der Waals surface area contributed by atoms with E-state index in [9.17, 15) is 5.11 Å². The Kier molecular flexibility index (Phi) is 2.59. The number of nitrogens with two attached hydrogens (primary N) is 1. The molecule has 0 radical (unpaired) electrons. The molecule has 16 heavy (non-hydrogen) atoms. The van der Waals surface area contributed by atoms with Crippen molar-refractivity contribution in [2.75, 3.05) is 5.73 Å². The average Bonchev–Trinajstić information content (AvgIpc) is 2.55. The van der Waals surface area contributed by atoms with Gasteiger partial charge in [-0.25, -0.2) is 0 Å². The van der Waals surface area contributed by atoms with Crippen molar-refractivity contribution in [2.24, 2.45) is 0 Å². The van der Waals surface area contributed by atoms with Crippen LogP contribution in [0.15, 0.2) is 24.4 Å². The van der Waals surface area contributed by atoms with Crippen molar-refractivity contribution < 1.29 is 5.11 Å². The van der Waals surface area contributed by atoms with Crippen LogP contribution in [0.1, 0.15) is 20.3 Å². The fourth-order valence-corrected chi connectivity index (χ4v) is 1.60. The van der Waals surface area contributed by atoms with Gasteiger partial charge in [0.05, 0.1) is 11.1 Å². The van der Waals surface area contributed by atoms with Gasteiger partial charge in [-0.2, -0.15) is 5.10 Å². The Morgan fingerprint density at radius 1 is 1.44 bits per heavy atom. The smallest absolute Gasteiger partial charge is 0.0924 e. The number of anilines is 1. The molecule has 0 saturated heterocycles. The minimum atomic E-state index is -0.656. The number of aromatic nitrogens is 2. The summed E-state index contributed by atoms with van der Waals surface area (Å²) in [5.74, 6) is 0. The summed E-state index contributed by atoms with van der Waals surface area (Å²) < 4.78 is 1.85. The molecule has 86 valence electrons. The van der Waals surface area contributed by atoms with Gasteiger partial charge in [0.15, 0.2) is 0 Å². The molecule has 0 aliphatic rings. The number of aryl methyl sites for hydroxylation is 1. The molecule has 2 rings (SSSR count). The minimum Gasteiger partial charge on any atom is -0.399 e. The molecular weight excluding hydrogens is 202 g/mol. The van der Waals surface area contributed by atoms with Gasteiger partial charge < -0.3 is 10.8 Å². The van der Waals surface area contributed by atoms with E-state index in [1.807, 2.05) is 29.1 Å². The van der Waals surface area contributed by atoms with Gasteiger partial charge in [-0.1, -0.05) is 0 Å². The predicted octanol–water partition coefficient (Wildman–Crippen LogP) is 1.78. The zero-order valence-corrected chi connectivity index (χ0v) is 9.64. The van der Waals surface area contributed by atoms with Crippen LogP contribution >= 0.6 is 0 Å². The Morgan fingerprint density at radius 3 is 2.88 bits per heavy atom. The Hall–Kier alpha value is -1.55. The third kappa shape index (κ3) is 2.52. The van der Waals surface area contributed by atoms with Gasteiger partial charge in [0.2, 0.25) is 0 Å². The van der Waals surface area contributed by atoms with Crippen LogP contribution in [-0.4, -0.2) is 20.5 Å². The third-order valence-corrected chi connectivity index (χ3v) is 2.53. The Morgan fingerprint density at radius 2 is 2.19 bits per heavy atom. The van der Waals surface area contributed by atoms with Crippen LogP contribution in [0.5, 0.6) is 0 Å². The molecule has 0 spiro atoms. The molecule has 4 heteroatoms. The van der Waals surface area contributed by atoms with Gasteiger partial charge in [-0.05, 0) is 38.5 Å². The number of nitrogen functional groups attached to an aromatic ring is 1. The maximum Gasteiger partial charge on any atom is 0.0924 e. The first-order valence-corrected chi connectivity index (χ1v) is 5.39. The summed E-state index contributed by atoms with van der Waals surface area (Å²) in [4.78, 5) is 0. The lowest BCUT2D eigenvalue weighted by molar-refractivity contribution is 0.0651. The minimum absolute atomic E-state index is 0.656. The number of rotatable bonds is 3. The fraction of sp³-hybridized carbons (Fsp3) is 0.417. The molecule has 0 fully saturated rings. The number of hydrogen-bond donors (Lipinski definition) is 2. The number of fused-ring (bicyclic) bond motifs is 1. The quantitative estimate of drug-likeness (QED) is 0.773. The highest BCUT2D eigenvalue weighted by molar-refractivity contribution is 5.81. The van der Waals surface area contributed by atoms with E-state index in [0.29, 0.717) is 13.0 Å². The molecule has 1 aromatic heterocycles. The summed E-state index contributed by atoms with van der Waals surface area (Å²) in [6.45, 7) is 4.31. The van der Waals surface area contributed by atoms with Crippen LogP contribution in [0.4, 0.5) is 5.69 Å². The summed E-state index contributed by atoms with van der Waals surface area (Å²) in [7, 11) is 0. The van der Waals surface area contributed by atoms with Crippen LogP contribution in [-0.2, 0) is 6.54 Å². The van der Waals surface area contributed by atoms with Crippen molar-refractivity contribution in [2.45, 2.75) is 32.4 Å². The molecule has 2 aromatic rings. The van der Waals surface area contributed by atoms with Crippen LogP contribution < -0.4 is 5.73 Å². The number of aliphatic hydroxyl groups is 1. The second kappa shape index (κ2) is 3.79. The van der Waals surface area contributed by atoms with Crippen molar-refractivity contribution in [3.05, 3.63) is 24.4 Å². The Labute approximate surface area is 94.7 Å². The van der Waals surface area contributed by atoms with Gasteiger partial charge in [-0.15, -0.1) is 0 Å². The molecule has 0 aliphatic carbocycles. The monoisotopic (exact) mass is 219 g/mol. The highest BCUT2D eigenvalue weighted by atomic mass is 16.3. The van der Waals surface area contributed by atoms with E-state index in [2.05, 4.69) is 5.10 Å². The fourth-order valence-electron chi connectivity index (χ4n) is 1.60. The molecule has 0 saturated carbocycles. The van der Waals surface area contributed by atoms with E-state index < -0.39 is 5.60 Å². The van der Waals surface area contributed by atoms with Crippen LogP contribution in [0.3, 0.4) is 0 Å². The summed E-state index contributed by atoms with van der Waals surface area (Å²) >= 11 is 0. The van der Waals surface area contributed by atoms with Crippen molar-refractivity contribution in [1.29, 1.82) is 0 Å². The molecular formula is C12H17N3O. The lowest BCUT2D eigenvalue weighted by atomic mass is 10.1. The molecule has 1 heterocycles. The van der Waals surface area contributed by atoms with E-state index in [1.165, 1.54) is 0 Å². The molecule has 3 N–H and O–H groups in total. The topological polar surface area (TPSA) is 64.1 Å². The molecule has 4 nitrogen and oxygen atoms in total. The zero-order valence-electron chi connectivity index (χ0n) is 9.64. The molecule has 0 unspecified atom stereocenters. The summed E-state index contributed by atoms with van der Waals surface area (Å²) in [5.41, 5.74) is 6.72. The third-order valence-electron chi connectivity index (χ3n) is 2.53. The van der Waals surface area contributed by atoms with Crippen molar-refractivity contribution >= 4 is 16.6 Å². The van der Waals surface area contributed by atoms with Crippen molar-refractivity contribution in [3.63, 3.8) is 0 Å². The van der Waals surface area contributed by atoms with Crippen molar-refractivity contribution in [3.8, 4) is 0 Å². The second-order valence-electron chi connectivity index (χ2n) is 4.77. The molecule has 0 bridgehead atoms. The van der Waals surface area contributed by atoms with Gasteiger partial charge in [0.1, 0.15) is 0 Å². The number of nitrogens with zero attached hydrogens (tertiary/aromatic N) is 2. The highest BCUT2D eigenvalue weighted by Crippen LogP contribution is 2.17. The first-order chi connectivity index (χ1) is 7.44. The molecule has 0 aliphatic heterocycles. The van der Waals surface area contributed by atoms with E-state index in [-0.39, 0.29) is 0 Å². The molecule has 1 aromatic carbocycles. The lowest BCUT2D eigenvalue weighted by Gasteiger charge is -2.16. The van der Waals surface area contributed by atoms with Crippen LogP contribution in [0.25, 0.3) is 10.9 Å². The number of hydrogen-bond acceptors (Lipinski definition) is 3. The highest BCUT2D eigenvalue weighted by Gasteiger charge is 2.12. The Balaban J connectivity index is 2.20. The first kappa shape index (κ1) is 11.0. The van der Waals surface area contributed by atoms with Gasteiger partial charge in [0, 0.05) is 23.8 Å². The summed E-state index contributed by atoms with van der Waals surface area (Å²) in [6, 6.07) is 5.66. The maximum atomic E-state index is 9.64. The SMILES string of the molecule is CC(C)(O)CCn1cc2cc(N)ccc2n1. The Bertz CT molecular complexity index is 496. The standard InChI is InChI=1S/C12H17N3O/c1-12(2,16)5-6-15-8-9-7-10(13)3-4-11(9)14-15/h3-4,7-8,16H,5-6,13H2,1-2H3. The van der Waals surface area contributed by atoms with Crippen molar-refractivity contribution in [1.82, 2.24) is 9.78 Å². The summed E-state index contributed by atoms with van der Waals surface area (Å²) in [6.07, 6.45) is 2.63. The average molecular weight is 219 g/mol. The zero-order chi connectivity index (χ0) is 11.8. The number of benzene rings is 1. The molecule has 0 atom stereocenters. The van der Waals surface area contributed by atoms with E-state index in [0.717, 1.165) is 16.6 Å². The second-order valence-corrected chi connectivity index (χ2v) is 4.77. The van der Waals surface area contributed by atoms with E-state index in [1.54, 1.807) is 13.8 Å². The first-order valence-electron chi connectivity index (χ1n) is 5.39. The largest absolute Gasteiger partial charge is 0.399 e. The predicted molar refractivity (Wildman–Crippen MR) is 65.1 cm³/mol. The van der Waals surface area contributed by atoms with Crippen LogP contribution in [0.2, 0.25) is 0 Å². The normalized spacial score (nSPS) is 12.2. The van der Waals surface area contributed by atoms with Crippen LogP contribution in [0, 0.1) is 0 Å². The van der Waals surface area contributed by atoms with Gasteiger partial charge >= 0.3 is 0 Å². The van der Waals surface area contributed by atoms with E-state index >= 15 is 0 Å². The van der Waals surface area contributed by atoms with E-state index in [4.69, 9.17) is 5.73 Å². The molecule has 0 amide bonds.